The minimum atomic E-state index is -0.519. The Morgan fingerprint density at radius 3 is 2.94 bits per heavy atom. The van der Waals surface area contributed by atoms with E-state index >= 15 is 0 Å². The summed E-state index contributed by atoms with van der Waals surface area (Å²) in [5.41, 5.74) is 0.254. The van der Waals surface area contributed by atoms with Crippen LogP contribution in [0.25, 0.3) is 0 Å². The fourth-order valence-electron chi connectivity index (χ4n) is 1.23. The van der Waals surface area contributed by atoms with Gasteiger partial charge in [0.2, 0.25) is 0 Å². The Morgan fingerprint density at radius 1 is 1.69 bits per heavy atom. The highest BCUT2D eigenvalue weighted by Gasteiger charge is 2.14. The van der Waals surface area contributed by atoms with Crippen molar-refractivity contribution in [1.29, 1.82) is 0 Å². The van der Waals surface area contributed by atoms with Gasteiger partial charge in [0, 0.05) is 24.2 Å². The molecule has 0 saturated carbocycles. The zero-order valence-electron chi connectivity index (χ0n) is 8.94. The van der Waals surface area contributed by atoms with E-state index in [0.29, 0.717) is 5.56 Å². The maximum Gasteiger partial charge on any atom is 0.274 e. The number of nitro groups is 1. The van der Waals surface area contributed by atoms with Gasteiger partial charge in [0.05, 0.1) is 4.92 Å². The van der Waals surface area contributed by atoms with Crippen LogP contribution in [0.4, 0.5) is 10.1 Å². The van der Waals surface area contributed by atoms with Gasteiger partial charge < -0.3 is 5.32 Å². The van der Waals surface area contributed by atoms with Crippen LogP contribution in [-0.2, 0) is 6.54 Å². The molecule has 1 unspecified atom stereocenters. The van der Waals surface area contributed by atoms with Crippen LogP contribution in [0.5, 0.6) is 0 Å². The zero-order chi connectivity index (χ0) is 12.1. The summed E-state index contributed by atoms with van der Waals surface area (Å²) >= 11 is 0. The Bertz CT molecular complexity index is 407. The molecule has 1 atom stereocenters. The van der Waals surface area contributed by atoms with E-state index in [-0.39, 0.29) is 18.3 Å². The van der Waals surface area contributed by atoms with Crippen molar-refractivity contribution < 1.29 is 9.31 Å². The molecule has 0 amide bonds. The highest BCUT2D eigenvalue weighted by Crippen LogP contribution is 2.19. The maximum absolute atomic E-state index is 12.9. The number of nitrogens with one attached hydrogen (secondary N) is 1. The lowest BCUT2D eigenvalue weighted by molar-refractivity contribution is -0.385. The second kappa shape index (κ2) is 5.37. The van der Waals surface area contributed by atoms with Gasteiger partial charge in [-0.2, -0.15) is 0 Å². The number of hydrogen-bond donors (Lipinski definition) is 1. The number of nitrogens with zero attached hydrogens (tertiary/aromatic N) is 1. The molecule has 5 heteroatoms. The van der Waals surface area contributed by atoms with Crippen molar-refractivity contribution in [2.24, 2.45) is 0 Å². The fourth-order valence-corrected chi connectivity index (χ4v) is 1.23. The molecule has 86 valence electrons. The van der Waals surface area contributed by atoms with Gasteiger partial charge in [-0.25, -0.2) is 4.39 Å². The summed E-state index contributed by atoms with van der Waals surface area (Å²) in [5, 5.41) is 13.7. The second-order valence-corrected chi connectivity index (χ2v) is 3.44. The first-order valence-electron chi connectivity index (χ1n) is 4.83. The quantitative estimate of drug-likeness (QED) is 0.474. The standard InChI is InChI=1S/C11H13FN2O2/c1-3-8(2)13-7-9-6-10(12)4-5-11(9)14(15)16/h3-6,8,13H,1,7H2,2H3. The maximum atomic E-state index is 12.9. The summed E-state index contributed by atoms with van der Waals surface area (Å²) < 4.78 is 12.9. The van der Waals surface area contributed by atoms with Crippen molar-refractivity contribution in [3.8, 4) is 0 Å². The monoisotopic (exact) mass is 224 g/mol. The number of rotatable bonds is 5. The predicted octanol–water partition coefficient (Wildman–Crippen LogP) is 2.40. The van der Waals surface area contributed by atoms with Gasteiger partial charge in [0.25, 0.3) is 5.69 Å². The first-order chi connectivity index (χ1) is 7.54. The van der Waals surface area contributed by atoms with Crippen LogP contribution >= 0.6 is 0 Å². The Balaban J connectivity index is 2.88. The van der Waals surface area contributed by atoms with Crippen molar-refractivity contribution in [3.63, 3.8) is 0 Å². The second-order valence-electron chi connectivity index (χ2n) is 3.44. The normalized spacial score (nSPS) is 12.1. The summed E-state index contributed by atoms with van der Waals surface area (Å²) in [5.74, 6) is -0.478. The van der Waals surface area contributed by atoms with Crippen LogP contribution in [0.1, 0.15) is 12.5 Å². The molecule has 4 nitrogen and oxygen atoms in total. The van der Waals surface area contributed by atoms with Crippen molar-refractivity contribution in [1.82, 2.24) is 5.32 Å². The topological polar surface area (TPSA) is 55.2 Å². The zero-order valence-corrected chi connectivity index (χ0v) is 8.94. The molecule has 1 aromatic rings. The van der Waals surface area contributed by atoms with Crippen molar-refractivity contribution in [2.45, 2.75) is 19.5 Å². The van der Waals surface area contributed by atoms with Crippen LogP contribution in [0.2, 0.25) is 0 Å². The fraction of sp³-hybridized carbons (Fsp3) is 0.273. The average Bonchev–Trinajstić information content (AvgIpc) is 2.25. The lowest BCUT2D eigenvalue weighted by atomic mass is 10.1. The summed E-state index contributed by atoms with van der Waals surface area (Å²) in [6, 6.07) is 3.44. The van der Waals surface area contributed by atoms with Crippen LogP contribution in [0.15, 0.2) is 30.9 Å². The summed E-state index contributed by atoms with van der Waals surface area (Å²) in [6.07, 6.45) is 1.67. The molecule has 0 spiro atoms. The first kappa shape index (κ1) is 12.3. The number of halogens is 1. The molecular weight excluding hydrogens is 211 g/mol. The minimum absolute atomic E-state index is 0.0165. The SMILES string of the molecule is C=CC(C)NCc1cc(F)ccc1[N+](=O)[O-]. The molecule has 0 aromatic heterocycles. The van der Waals surface area contributed by atoms with Crippen molar-refractivity contribution in [2.75, 3.05) is 0 Å². The molecule has 0 aliphatic carbocycles. The molecule has 0 radical (unpaired) electrons. The molecule has 0 bridgehead atoms. The third kappa shape index (κ3) is 3.13. The lowest BCUT2D eigenvalue weighted by Crippen LogP contribution is -2.23. The van der Waals surface area contributed by atoms with E-state index in [2.05, 4.69) is 11.9 Å². The number of nitro benzene ring substituents is 1. The van der Waals surface area contributed by atoms with Gasteiger partial charge in [-0.1, -0.05) is 6.08 Å². The van der Waals surface area contributed by atoms with Gasteiger partial charge in [-0.3, -0.25) is 10.1 Å². The molecular formula is C11H13FN2O2. The summed E-state index contributed by atoms with van der Waals surface area (Å²) in [6.45, 7) is 5.67. The van der Waals surface area contributed by atoms with Crippen molar-refractivity contribution >= 4 is 5.69 Å². The Morgan fingerprint density at radius 2 is 2.38 bits per heavy atom. The molecule has 16 heavy (non-hydrogen) atoms. The van der Waals surface area contributed by atoms with E-state index in [9.17, 15) is 14.5 Å². The molecule has 0 aliphatic heterocycles. The first-order valence-corrected chi connectivity index (χ1v) is 4.83. The predicted molar refractivity (Wildman–Crippen MR) is 59.6 cm³/mol. The molecule has 1 N–H and O–H groups in total. The summed E-state index contributed by atoms with van der Waals surface area (Å²) in [4.78, 5) is 10.2. The highest BCUT2D eigenvalue weighted by atomic mass is 19.1. The van der Waals surface area contributed by atoms with Gasteiger partial charge in [-0.15, -0.1) is 6.58 Å². The molecule has 0 aliphatic rings. The van der Waals surface area contributed by atoms with Gasteiger partial charge in [0.1, 0.15) is 5.82 Å². The van der Waals surface area contributed by atoms with Crippen LogP contribution in [0.3, 0.4) is 0 Å². The van der Waals surface area contributed by atoms with E-state index in [1.54, 1.807) is 6.08 Å². The molecule has 1 aromatic carbocycles. The highest BCUT2D eigenvalue weighted by molar-refractivity contribution is 5.40. The summed E-state index contributed by atoms with van der Waals surface area (Å²) in [7, 11) is 0. The molecule has 1 rings (SSSR count). The molecule has 0 saturated heterocycles. The van der Waals surface area contributed by atoms with Gasteiger partial charge in [0.15, 0.2) is 0 Å². The van der Waals surface area contributed by atoms with Crippen LogP contribution < -0.4 is 5.32 Å². The van der Waals surface area contributed by atoms with Crippen LogP contribution in [-0.4, -0.2) is 11.0 Å². The Labute approximate surface area is 92.9 Å². The number of benzene rings is 1. The van der Waals surface area contributed by atoms with E-state index in [4.69, 9.17) is 0 Å². The third-order valence-electron chi connectivity index (χ3n) is 2.21. The van der Waals surface area contributed by atoms with E-state index in [1.165, 1.54) is 12.1 Å². The molecule has 0 heterocycles. The smallest absolute Gasteiger partial charge is 0.274 e. The van der Waals surface area contributed by atoms with Crippen LogP contribution in [0, 0.1) is 15.9 Å². The van der Waals surface area contributed by atoms with Gasteiger partial charge in [-0.05, 0) is 19.1 Å². The third-order valence-corrected chi connectivity index (χ3v) is 2.21. The van der Waals surface area contributed by atoms with E-state index in [1.807, 2.05) is 6.92 Å². The number of hydrogen-bond acceptors (Lipinski definition) is 3. The Kier molecular flexibility index (Phi) is 4.13. The average molecular weight is 224 g/mol. The largest absolute Gasteiger partial charge is 0.306 e. The minimum Gasteiger partial charge on any atom is -0.306 e. The van der Waals surface area contributed by atoms with E-state index < -0.39 is 10.7 Å². The van der Waals surface area contributed by atoms with Crippen molar-refractivity contribution in [3.05, 3.63) is 52.3 Å². The lowest BCUT2D eigenvalue weighted by Gasteiger charge is -2.09. The Hall–Kier alpha value is -1.75. The van der Waals surface area contributed by atoms with Gasteiger partial charge >= 0.3 is 0 Å². The molecule has 0 fully saturated rings. The van der Waals surface area contributed by atoms with E-state index in [0.717, 1.165) is 6.07 Å².